The molecule has 0 saturated heterocycles. The Hall–Kier alpha value is -0.630. The molecule has 0 aromatic carbocycles. The van der Waals surface area contributed by atoms with Crippen LogP contribution in [0.1, 0.15) is 24.3 Å². The Kier molecular flexibility index (Phi) is 2.68. The Morgan fingerprint density at radius 1 is 1.33 bits per heavy atom. The van der Waals surface area contributed by atoms with Crippen LogP contribution in [0.4, 0.5) is 5.69 Å². The standard InChI is InChI=1S/C10H16NS/c1-7(2)11(5)10-8(3)6-12-9(10)4/h6H,1-5H3/q+1. The van der Waals surface area contributed by atoms with Gasteiger partial charge in [0, 0.05) is 24.8 Å². The van der Waals surface area contributed by atoms with E-state index < -0.39 is 0 Å². The van der Waals surface area contributed by atoms with Crippen molar-refractivity contribution in [1.82, 2.24) is 0 Å². The molecule has 0 atom stereocenters. The smallest absolute Gasteiger partial charge is 0.202 e. The maximum Gasteiger partial charge on any atom is 0.221 e. The molecule has 0 spiro atoms. The van der Waals surface area contributed by atoms with Gasteiger partial charge in [-0.25, -0.2) is 4.58 Å². The average Bonchev–Trinajstić information content (AvgIpc) is 2.30. The van der Waals surface area contributed by atoms with Crippen molar-refractivity contribution < 1.29 is 4.58 Å². The Bertz CT molecular complexity index is 297. The van der Waals surface area contributed by atoms with Gasteiger partial charge in [0.2, 0.25) is 5.69 Å². The monoisotopic (exact) mass is 182 g/mol. The molecular formula is C10H16NS+. The van der Waals surface area contributed by atoms with Crippen molar-refractivity contribution in [3.8, 4) is 0 Å². The quantitative estimate of drug-likeness (QED) is 0.464. The van der Waals surface area contributed by atoms with Crippen LogP contribution in [0.15, 0.2) is 5.38 Å². The second-order valence-electron chi connectivity index (χ2n) is 3.33. The van der Waals surface area contributed by atoms with Crippen molar-refractivity contribution in [1.29, 1.82) is 0 Å². The highest BCUT2D eigenvalue weighted by molar-refractivity contribution is 7.10. The van der Waals surface area contributed by atoms with Crippen LogP contribution in [-0.4, -0.2) is 17.3 Å². The molecule has 2 heteroatoms. The van der Waals surface area contributed by atoms with E-state index in [1.165, 1.54) is 21.8 Å². The Morgan fingerprint density at radius 2 is 1.92 bits per heavy atom. The lowest BCUT2D eigenvalue weighted by Crippen LogP contribution is -2.06. The van der Waals surface area contributed by atoms with Crippen molar-refractivity contribution >= 4 is 22.7 Å². The fourth-order valence-corrected chi connectivity index (χ4v) is 2.17. The minimum atomic E-state index is 1.33. The van der Waals surface area contributed by atoms with Crippen LogP contribution in [0.25, 0.3) is 0 Å². The summed E-state index contributed by atoms with van der Waals surface area (Å²) in [4.78, 5) is 1.40. The number of rotatable bonds is 1. The van der Waals surface area contributed by atoms with Gasteiger partial charge in [-0.1, -0.05) is 0 Å². The third-order valence-electron chi connectivity index (χ3n) is 2.13. The summed E-state index contributed by atoms with van der Waals surface area (Å²) >= 11 is 1.82. The first kappa shape index (κ1) is 9.46. The summed E-state index contributed by atoms with van der Waals surface area (Å²) in [6.45, 7) is 8.61. The van der Waals surface area contributed by atoms with Gasteiger partial charge in [-0.15, -0.1) is 11.3 Å². The van der Waals surface area contributed by atoms with Gasteiger partial charge >= 0.3 is 0 Å². The first-order chi connectivity index (χ1) is 5.54. The maximum absolute atomic E-state index is 2.25. The molecule has 1 aromatic heterocycles. The van der Waals surface area contributed by atoms with E-state index in [0.717, 1.165) is 0 Å². The third kappa shape index (κ3) is 1.58. The van der Waals surface area contributed by atoms with E-state index in [4.69, 9.17) is 0 Å². The van der Waals surface area contributed by atoms with Crippen LogP contribution in [0.3, 0.4) is 0 Å². The predicted octanol–water partition coefficient (Wildman–Crippen LogP) is 3.12. The summed E-state index contributed by atoms with van der Waals surface area (Å²) < 4.78 is 2.25. The molecular weight excluding hydrogens is 166 g/mol. The van der Waals surface area contributed by atoms with Crippen LogP contribution in [0.5, 0.6) is 0 Å². The number of nitrogens with zero attached hydrogens (tertiary/aromatic N) is 1. The van der Waals surface area contributed by atoms with Gasteiger partial charge in [-0.05, 0) is 13.8 Å². The van der Waals surface area contributed by atoms with Crippen LogP contribution < -0.4 is 0 Å². The first-order valence-corrected chi connectivity index (χ1v) is 5.00. The molecule has 0 radical (unpaired) electrons. The summed E-state index contributed by atoms with van der Waals surface area (Å²) in [5.74, 6) is 0. The average molecular weight is 182 g/mol. The molecule has 1 rings (SSSR count). The zero-order valence-corrected chi connectivity index (χ0v) is 9.25. The molecule has 0 fully saturated rings. The highest BCUT2D eigenvalue weighted by Gasteiger charge is 2.14. The van der Waals surface area contributed by atoms with Crippen LogP contribution in [0, 0.1) is 13.8 Å². The Labute approximate surface area is 78.4 Å². The zero-order chi connectivity index (χ0) is 9.30. The lowest BCUT2D eigenvalue weighted by Gasteiger charge is -1.98. The second kappa shape index (κ2) is 3.40. The van der Waals surface area contributed by atoms with Crippen LogP contribution in [0.2, 0.25) is 0 Å². The van der Waals surface area contributed by atoms with Crippen molar-refractivity contribution in [2.75, 3.05) is 7.05 Å². The normalized spacial score (nSPS) is 10.1. The predicted molar refractivity (Wildman–Crippen MR) is 56.0 cm³/mol. The molecule has 0 amide bonds. The third-order valence-corrected chi connectivity index (χ3v) is 3.14. The van der Waals surface area contributed by atoms with E-state index in [1.807, 2.05) is 11.3 Å². The molecule has 0 aliphatic heterocycles. The SMILES string of the molecule is CC(C)=[N+](C)c1c(C)csc1C. The minimum Gasteiger partial charge on any atom is -0.202 e. The molecule has 0 N–H and O–H groups in total. The van der Waals surface area contributed by atoms with Gasteiger partial charge < -0.3 is 0 Å². The van der Waals surface area contributed by atoms with Gasteiger partial charge in [-0.2, -0.15) is 0 Å². The molecule has 0 bridgehead atoms. The Morgan fingerprint density at radius 3 is 2.25 bits per heavy atom. The number of thiophene rings is 1. The van der Waals surface area contributed by atoms with E-state index in [1.54, 1.807) is 0 Å². The van der Waals surface area contributed by atoms with Gasteiger partial charge in [0.1, 0.15) is 7.05 Å². The maximum atomic E-state index is 2.25. The minimum absolute atomic E-state index is 1.33. The van der Waals surface area contributed by atoms with Crippen molar-refractivity contribution in [2.24, 2.45) is 0 Å². The van der Waals surface area contributed by atoms with E-state index in [2.05, 4.69) is 44.7 Å². The van der Waals surface area contributed by atoms with Gasteiger partial charge in [0.05, 0.1) is 4.88 Å². The number of hydrogen-bond acceptors (Lipinski definition) is 1. The molecule has 66 valence electrons. The van der Waals surface area contributed by atoms with Crippen molar-refractivity contribution in [3.05, 3.63) is 15.8 Å². The molecule has 1 heterocycles. The summed E-state index contributed by atoms with van der Waals surface area (Å²) in [6, 6.07) is 0. The van der Waals surface area contributed by atoms with Gasteiger partial charge in [0.25, 0.3) is 0 Å². The number of aryl methyl sites for hydroxylation is 2. The molecule has 0 aliphatic rings. The fourth-order valence-electron chi connectivity index (χ4n) is 1.29. The van der Waals surface area contributed by atoms with Crippen LogP contribution >= 0.6 is 11.3 Å². The lowest BCUT2D eigenvalue weighted by molar-refractivity contribution is -0.406. The molecule has 12 heavy (non-hydrogen) atoms. The molecule has 0 aliphatic carbocycles. The van der Waals surface area contributed by atoms with E-state index >= 15 is 0 Å². The van der Waals surface area contributed by atoms with Crippen molar-refractivity contribution in [2.45, 2.75) is 27.7 Å². The van der Waals surface area contributed by atoms with Crippen molar-refractivity contribution in [3.63, 3.8) is 0 Å². The van der Waals surface area contributed by atoms with Crippen LogP contribution in [-0.2, 0) is 0 Å². The van der Waals surface area contributed by atoms with Gasteiger partial charge in [0.15, 0.2) is 5.71 Å². The number of hydrogen-bond donors (Lipinski definition) is 0. The first-order valence-electron chi connectivity index (χ1n) is 4.12. The second-order valence-corrected chi connectivity index (χ2v) is 4.41. The summed E-state index contributed by atoms with van der Waals surface area (Å²) in [6.07, 6.45) is 0. The topological polar surface area (TPSA) is 3.01 Å². The lowest BCUT2D eigenvalue weighted by atomic mass is 10.2. The highest BCUT2D eigenvalue weighted by atomic mass is 32.1. The Balaban J connectivity index is 3.28. The largest absolute Gasteiger partial charge is 0.221 e. The highest BCUT2D eigenvalue weighted by Crippen LogP contribution is 2.28. The summed E-state index contributed by atoms with van der Waals surface area (Å²) in [7, 11) is 2.12. The van der Waals surface area contributed by atoms with E-state index in [-0.39, 0.29) is 0 Å². The van der Waals surface area contributed by atoms with E-state index in [9.17, 15) is 0 Å². The van der Waals surface area contributed by atoms with Gasteiger partial charge in [-0.3, -0.25) is 0 Å². The summed E-state index contributed by atoms with van der Waals surface area (Å²) in [5.41, 5.74) is 4.08. The molecule has 0 saturated carbocycles. The molecule has 1 nitrogen and oxygen atoms in total. The fraction of sp³-hybridized carbons (Fsp3) is 0.500. The molecule has 1 aromatic rings. The zero-order valence-electron chi connectivity index (χ0n) is 8.43. The summed E-state index contributed by atoms with van der Waals surface area (Å²) in [5, 5.41) is 2.21. The van der Waals surface area contributed by atoms with E-state index in [0.29, 0.717) is 0 Å². The molecule has 0 unspecified atom stereocenters.